The van der Waals surface area contributed by atoms with Crippen molar-refractivity contribution in [3.05, 3.63) is 23.9 Å². The number of pyridine rings is 1. The summed E-state index contributed by atoms with van der Waals surface area (Å²) in [5.41, 5.74) is 6.67. The first-order valence-corrected chi connectivity index (χ1v) is 5.68. The molecule has 0 saturated carbocycles. The maximum absolute atomic E-state index is 5.58. The van der Waals surface area contributed by atoms with Gasteiger partial charge in [0.05, 0.1) is 0 Å². The number of aromatic nitrogens is 1. The van der Waals surface area contributed by atoms with Crippen molar-refractivity contribution in [3.8, 4) is 0 Å². The third-order valence-corrected chi connectivity index (χ3v) is 3.06. The van der Waals surface area contributed by atoms with Gasteiger partial charge in [0, 0.05) is 18.8 Å². The van der Waals surface area contributed by atoms with Gasteiger partial charge in [-0.1, -0.05) is 6.07 Å². The van der Waals surface area contributed by atoms with E-state index in [1.54, 1.807) is 0 Å². The van der Waals surface area contributed by atoms with Crippen molar-refractivity contribution in [3.63, 3.8) is 0 Å². The highest BCUT2D eigenvalue weighted by atomic mass is 15.2. The molecule has 0 radical (unpaired) electrons. The van der Waals surface area contributed by atoms with E-state index in [2.05, 4.69) is 22.0 Å². The highest BCUT2D eigenvalue weighted by molar-refractivity contribution is 5.40. The van der Waals surface area contributed by atoms with Gasteiger partial charge in [-0.15, -0.1) is 0 Å². The summed E-state index contributed by atoms with van der Waals surface area (Å²) in [4.78, 5) is 6.91. The summed E-state index contributed by atoms with van der Waals surface area (Å²) in [5, 5.41) is 0. The van der Waals surface area contributed by atoms with E-state index >= 15 is 0 Å². The number of nitrogens with zero attached hydrogens (tertiary/aromatic N) is 2. The van der Waals surface area contributed by atoms with E-state index in [9.17, 15) is 0 Å². The number of rotatable bonds is 3. The van der Waals surface area contributed by atoms with Crippen molar-refractivity contribution in [2.24, 2.45) is 11.7 Å². The molecule has 0 bridgehead atoms. The van der Waals surface area contributed by atoms with Crippen LogP contribution < -0.4 is 10.6 Å². The van der Waals surface area contributed by atoms with Crippen molar-refractivity contribution in [1.82, 2.24) is 4.98 Å². The predicted molar refractivity (Wildman–Crippen MR) is 63.0 cm³/mol. The predicted octanol–water partition coefficient (Wildman–Crippen LogP) is 1.57. The van der Waals surface area contributed by atoms with E-state index in [1.807, 2.05) is 13.0 Å². The Bertz CT molecular complexity index is 324. The first-order valence-electron chi connectivity index (χ1n) is 5.68. The summed E-state index contributed by atoms with van der Waals surface area (Å²) in [5.74, 6) is 1.88. The highest BCUT2D eigenvalue weighted by Crippen LogP contribution is 2.23. The van der Waals surface area contributed by atoms with Crippen LogP contribution >= 0.6 is 0 Å². The van der Waals surface area contributed by atoms with Gasteiger partial charge in [-0.05, 0) is 44.4 Å². The highest BCUT2D eigenvalue weighted by Gasteiger charge is 2.22. The fourth-order valence-corrected chi connectivity index (χ4v) is 2.22. The number of aryl methyl sites for hydroxylation is 1. The van der Waals surface area contributed by atoms with Gasteiger partial charge in [0.1, 0.15) is 5.82 Å². The van der Waals surface area contributed by atoms with Crippen molar-refractivity contribution in [2.45, 2.75) is 19.8 Å². The smallest absolute Gasteiger partial charge is 0.128 e. The number of anilines is 1. The van der Waals surface area contributed by atoms with Gasteiger partial charge in [0.25, 0.3) is 0 Å². The standard InChI is InChI=1S/C12H19N3/c1-10-3-2-4-12(14-10)15-8-6-11(9-15)5-7-13/h2-4,11H,5-9,13H2,1H3. The normalized spacial score (nSPS) is 20.9. The molecular weight excluding hydrogens is 186 g/mol. The first-order chi connectivity index (χ1) is 7.29. The Kier molecular flexibility index (Phi) is 3.21. The fraction of sp³-hybridized carbons (Fsp3) is 0.583. The molecule has 15 heavy (non-hydrogen) atoms. The lowest BCUT2D eigenvalue weighted by atomic mass is 10.1. The van der Waals surface area contributed by atoms with E-state index in [1.165, 1.54) is 6.42 Å². The molecule has 1 saturated heterocycles. The van der Waals surface area contributed by atoms with Crippen LogP contribution in [0.15, 0.2) is 18.2 Å². The number of hydrogen-bond donors (Lipinski definition) is 1. The second-order valence-corrected chi connectivity index (χ2v) is 4.32. The summed E-state index contributed by atoms with van der Waals surface area (Å²) in [6, 6.07) is 6.21. The van der Waals surface area contributed by atoms with Crippen LogP contribution in [0.3, 0.4) is 0 Å². The molecule has 3 nitrogen and oxygen atoms in total. The molecule has 1 aliphatic rings. The molecule has 1 aliphatic heterocycles. The molecule has 0 spiro atoms. The Balaban J connectivity index is 2.01. The SMILES string of the molecule is Cc1cccc(N2CCC(CCN)C2)n1. The zero-order valence-electron chi connectivity index (χ0n) is 9.32. The molecule has 3 heteroatoms. The summed E-state index contributed by atoms with van der Waals surface area (Å²) < 4.78 is 0. The fourth-order valence-electron chi connectivity index (χ4n) is 2.22. The third-order valence-electron chi connectivity index (χ3n) is 3.06. The van der Waals surface area contributed by atoms with Crippen molar-refractivity contribution >= 4 is 5.82 Å². The van der Waals surface area contributed by atoms with Crippen LogP contribution in [-0.4, -0.2) is 24.6 Å². The first kappa shape index (κ1) is 10.4. The average Bonchev–Trinajstić information content (AvgIpc) is 2.67. The Hall–Kier alpha value is -1.09. The molecule has 1 unspecified atom stereocenters. The average molecular weight is 205 g/mol. The topological polar surface area (TPSA) is 42.1 Å². The third kappa shape index (κ3) is 2.48. The summed E-state index contributed by atoms with van der Waals surface area (Å²) in [6.45, 7) is 5.09. The molecule has 1 fully saturated rings. The van der Waals surface area contributed by atoms with Gasteiger partial charge in [-0.3, -0.25) is 0 Å². The van der Waals surface area contributed by atoms with Crippen LogP contribution in [-0.2, 0) is 0 Å². The van der Waals surface area contributed by atoms with Gasteiger partial charge >= 0.3 is 0 Å². The zero-order valence-corrected chi connectivity index (χ0v) is 9.32. The van der Waals surface area contributed by atoms with Gasteiger partial charge < -0.3 is 10.6 Å². The van der Waals surface area contributed by atoms with E-state index in [0.717, 1.165) is 43.5 Å². The van der Waals surface area contributed by atoms with Crippen molar-refractivity contribution < 1.29 is 0 Å². The molecule has 1 aromatic heterocycles. The Morgan fingerprint density at radius 1 is 1.53 bits per heavy atom. The Morgan fingerprint density at radius 3 is 3.13 bits per heavy atom. The molecule has 0 aliphatic carbocycles. The molecule has 1 atom stereocenters. The minimum absolute atomic E-state index is 0.761. The quantitative estimate of drug-likeness (QED) is 0.814. The number of nitrogens with two attached hydrogens (primary N) is 1. The second-order valence-electron chi connectivity index (χ2n) is 4.32. The number of hydrogen-bond acceptors (Lipinski definition) is 3. The molecule has 2 N–H and O–H groups in total. The monoisotopic (exact) mass is 205 g/mol. The molecule has 2 heterocycles. The van der Waals surface area contributed by atoms with Crippen LogP contribution in [0.1, 0.15) is 18.5 Å². The van der Waals surface area contributed by atoms with E-state index in [0.29, 0.717) is 0 Å². The lowest BCUT2D eigenvalue weighted by Crippen LogP contribution is -2.21. The lowest BCUT2D eigenvalue weighted by molar-refractivity contribution is 0.546. The molecule has 82 valence electrons. The molecule has 0 aromatic carbocycles. The summed E-state index contributed by atoms with van der Waals surface area (Å²) in [6.07, 6.45) is 2.40. The maximum Gasteiger partial charge on any atom is 0.128 e. The summed E-state index contributed by atoms with van der Waals surface area (Å²) in [7, 11) is 0. The van der Waals surface area contributed by atoms with E-state index < -0.39 is 0 Å². The van der Waals surface area contributed by atoms with Gasteiger partial charge in [-0.25, -0.2) is 4.98 Å². The molecule has 0 amide bonds. The zero-order chi connectivity index (χ0) is 10.7. The van der Waals surface area contributed by atoms with Crippen LogP contribution in [0.5, 0.6) is 0 Å². The van der Waals surface area contributed by atoms with Gasteiger partial charge in [0.15, 0.2) is 0 Å². The maximum atomic E-state index is 5.58. The Morgan fingerprint density at radius 2 is 2.40 bits per heavy atom. The largest absolute Gasteiger partial charge is 0.356 e. The summed E-state index contributed by atoms with van der Waals surface area (Å²) >= 11 is 0. The minimum atomic E-state index is 0.761. The minimum Gasteiger partial charge on any atom is -0.356 e. The van der Waals surface area contributed by atoms with Crippen molar-refractivity contribution in [2.75, 3.05) is 24.5 Å². The van der Waals surface area contributed by atoms with Crippen LogP contribution in [0.4, 0.5) is 5.82 Å². The molecule has 1 aromatic rings. The van der Waals surface area contributed by atoms with Crippen LogP contribution in [0, 0.1) is 12.8 Å². The Labute approximate surface area is 91.3 Å². The lowest BCUT2D eigenvalue weighted by Gasteiger charge is -2.17. The van der Waals surface area contributed by atoms with Gasteiger partial charge in [-0.2, -0.15) is 0 Å². The van der Waals surface area contributed by atoms with Crippen LogP contribution in [0.25, 0.3) is 0 Å². The van der Waals surface area contributed by atoms with Crippen LogP contribution in [0.2, 0.25) is 0 Å². The van der Waals surface area contributed by atoms with Crippen molar-refractivity contribution in [1.29, 1.82) is 0 Å². The molecule has 2 rings (SSSR count). The van der Waals surface area contributed by atoms with E-state index in [4.69, 9.17) is 5.73 Å². The van der Waals surface area contributed by atoms with Gasteiger partial charge in [0.2, 0.25) is 0 Å². The van der Waals surface area contributed by atoms with E-state index in [-0.39, 0.29) is 0 Å². The molecular formula is C12H19N3. The second kappa shape index (κ2) is 4.62.